The average molecular weight is 337 g/mol. The standard InChI is InChI=1S/C12H12BrClFNO2/c13-9-5-8(14)6-10(15)12(9)18-7-11(17)16-3-1-2-4-16/h5-6H,1-4,7H2. The van der Waals surface area contributed by atoms with E-state index in [1.54, 1.807) is 4.90 Å². The van der Waals surface area contributed by atoms with Crippen LogP contribution in [0.4, 0.5) is 4.39 Å². The first-order valence-corrected chi connectivity index (χ1v) is 6.80. The van der Waals surface area contributed by atoms with Gasteiger partial charge in [0.25, 0.3) is 5.91 Å². The van der Waals surface area contributed by atoms with Gasteiger partial charge in [-0.15, -0.1) is 0 Å². The summed E-state index contributed by atoms with van der Waals surface area (Å²) in [4.78, 5) is 13.5. The van der Waals surface area contributed by atoms with Gasteiger partial charge in [0, 0.05) is 18.1 Å². The summed E-state index contributed by atoms with van der Waals surface area (Å²) < 4.78 is 19.2. The molecule has 98 valence electrons. The molecule has 1 aliphatic rings. The number of ether oxygens (including phenoxy) is 1. The van der Waals surface area contributed by atoms with Crippen molar-refractivity contribution in [3.05, 3.63) is 27.4 Å². The van der Waals surface area contributed by atoms with Gasteiger partial charge in [-0.1, -0.05) is 11.6 Å². The van der Waals surface area contributed by atoms with Gasteiger partial charge < -0.3 is 9.64 Å². The Kier molecular flexibility index (Phi) is 4.45. The van der Waals surface area contributed by atoms with E-state index < -0.39 is 5.82 Å². The quantitative estimate of drug-likeness (QED) is 0.848. The Bertz CT molecular complexity index is 440. The zero-order valence-corrected chi connectivity index (χ0v) is 11.9. The lowest BCUT2D eigenvalue weighted by atomic mass is 10.3. The summed E-state index contributed by atoms with van der Waals surface area (Å²) in [5.41, 5.74) is 0. The zero-order valence-electron chi connectivity index (χ0n) is 9.59. The van der Waals surface area contributed by atoms with Crippen molar-refractivity contribution < 1.29 is 13.9 Å². The van der Waals surface area contributed by atoms with Crippen LogP contribution in [0.3, 0.4) is 0 Å². The van der Waals surface area contributed by atoms with E-state index >= 15 is 0 Å². The van der Waals surface area contributed by atoms with Gasteiger partial charge in [-0.3, -0.25) is 4.79 Å². The minimum atomic E-state index is -0.580. The van der Waals surface area contributed by atoms with E-state index in [9.17, 15) is 9.18 Å². The largest absolute Gasteiger partial charge is 0.479 e. The van der Waals surface area contributed by atoms with Crippen molar-refractivity contribution in [2.75, 3.05) is 19.7 Å². The van der Waals surface area contributed by atoms with Crippen molar-refractivity contribution in [2.45, 2.75) is 12.8 Å². The number of rotatable bonds is 3. The summed E-state index contributed by atoms with van der Waals surface area (Å²) in [6.45, 7) is 1.36. The first kappa shape index (κ1) is 13.6. The highest BCUT2D eigenvalue weighted by molar-refractivity contribution is 9.10. The van der Waals surface area contributed by atoms with E-state index in [-0.39, 0.29) is 23.3 Å². The van der Waals surface area contributed by atoms with Crippen LogP contribution < -0.4 is 4.74 Å². The van der Waals surface area contributed by atoms with Crippen molar-refractivity contribution in [3.63, 3.8) is 0 Å². The molecule has 1 aromatic rings. The SMILES string of the molecule is O=C(COc1c(F)cc(Cl)cc1Br)N1CCCC1. The number of carbonyl (C=O) groups is 1. The molecule has 1 aromatic carbocycles. The summed E-state index contributed by atoms with van der Waals surface area (Å²) >= 11 is 8.85. The van der Waals surface area contributed by atoms with Crippen LogP contribution in [-0.4, -0.2) is 30.5 Å². The summed E-state index contributed by atoms with van der Waals surface area (Å²) in [5.74, 6) is -0.677. The van der Waals surface area contributed by atoms with Gasteiger partial charge in [0.15, 0.2) is 18.2 Å². The maximum atomic E-state index is 13.6. The topological polar surface area (TPSA) is 29.5 Å². The number of nitrogens with zero attached hydrogens (tertiary/aromatic N) is 1. The number of benzene rings is 1. The molecule has 0 atom stereocenters. The molecule has 3 nitrogen and oxygen atoms in total. The number of halogens is 3. The monoisotopic (exact) mass is 335 g/mol. The lowest BCUT2D eigenvalue weighted by Crippen LogP contribution is -2.32. The molecule has 1 amide bonds. The molecule has 1 saturated heterocycles. The van der Waals surface area contributed by atoms with Crippen molar-refractivity contribution in [1.82, 2.24) is 4.90 Å². The minimum Gasteiger partial charge on any atom is -0.479 e. The van der Waals surface area contributed by atoms with Gasteiger partial charge in [-0.05, 0) is 40.9 Å². The average Bonchev–Trinajstić information content (AvgIpc) is 2.80. The van der Waals surface area contributed by atoms with Crippen LogP contribution >= 0.6 is 27.5 Å². The first-order chi connectivity index (χ1) is 8.58. The number of likely N-dealkylation sites (tertiary alicyclic amines) is 1. The molecule has 6 heteroatoms. The highest BCUT2D eigenvalue weighted by Gasteiger charge is 2.19. The van der Waals surface area contributed by atoms with Crippen molar-refractivity contribution in [2.24, 2.45) is 0 Å². The van der Waals surface area contributed by atoms with Gasteiger partial charge in [-0.25, -0.2) is 4.39 Å². The second-order valence-corrected chi connectivity index (χ2v) is 5.37. The van der Waals surface area contributed by atoms with Crippen LogP contribution in [0.2, 0.25) is 5.02 Å². The van der Waals surface area contributed by atoms with Crippen molar-refractivity contribution >= 4 is 33.4 Å². The Morgan fingerprint density at radius 2 is 2.11 bits per heavy atom. The highest BCUT2D eigenvalue weighted by atomic mass is 79.9. The fourth-order valence-corrected chi connectivity index (χ4v) is 2.75. The third-order valence-corrected chi connectivity index (χ3v) is 3.57. The predicted octanol–water partition coefficient (Wildman–Crippen LogP) is 3.24. The second-order valence-electron chi connectivity index (χ2n) is 4.08. The number of hydrogen-bond acceptors (Lipinski definition) is 2. The Balaban J connectivity index is 1.99. The van der Waals surface area contributed by atoms with Crippen LogP contribution in [0.1, 0.15) is 12.8 Å². The van der Waals surface area contributed by atoms with Crippen LogP contribution in [0.5, 0.6) is 5.75 Å². The molecule has 0 spiro atoms. The predicted molar refractivity (Wildman–Crippen MR) is 70.4 cm³/mol. The molecule has 0 aliphatic carbocycles. The maximum Gasteiger partial charge on any atom is 0.260 e. The molecule has 1 fully saturated rings. The Hall–Kier alpha value is -0.810. The number of amides is 1. The van der Waals surface area contributed by atoms with E-state index in [0.29, 0.717) is 4.47 Å². The van der Waals surface area contributed by atoms with E-state index in [1.807, 2.05) is 0 Å². The van der Waals surface area contributed by atoms with Gasteiger partial charge in [-0.2, -0.15) is 0 Å². The van der Waals surface area contributed by atoms with Crippen LogP contribution in [0.25, 0.3) is 0 Å². The van der Waals surface area contributed by atoms with Gasteiger partial charge >= 0.3 is 0 Å². The van der Waals surface area contributed by atoms with E-state index in [0.717, 1.165) is 32.0 Å². The molecule has 1 heterocycles. The van der Waals surface area contributed by atoms with E-state index in [1.165, 1.54) is 6.07 Å². The minimum absolute atomic E-state index is 0.0203. The molecule has 0 radical (unpaired) electrons. The molecule has 0 unspecified atom stereocenters. The molecule has 0 bridgehead atoms. The highest BCUT2D eigenvalue weighted by Crippen LogP contribution is 2.31. The lowest BCUT2D eigenvalue weighted by Gasteiger charge is -2.16. The third-order valence-electron chi connectivity index (χ3n) is 2.76. The molecule has 18 heavy (non-hydrogen) atoms. The maximum absolute atomic E-state index is 13.6. The molecular weight excluding hydrogens is 324 g/mol. The van der Waals surface area contributed by atoms with Gasteiger partial charge in [0.2, 0.25) is 0 Å². The third kappa shape index (κ3) is 3.14. The van der Waals surface area contributed by atoms with Crippen molar-refractivity contribution in [1.29, 1.82) is 0 Å². The van der Waals surface area contributed by atoms with Gasteiger partial charge in [0.1, 0.15) is 0 Å². The van der Waals surface area contributed by atoms with E-state index in [4.69, 9.17) is 16.3 Å². The van der Waals surface area contributed by atoms with Crippen LogP contribution in [0.15, 0.2) is 16.6 Å². The number of carbonyl (C=O) groups excluding carboxylic acids is 1. The smallest absolute Gasteiger partial charge is 0.260 e. The lowest BCUT2D eigenvalue weighted by molar-refractivity contribution is -0.132. The summed E-state index contributed by atoms with van der Waals surface area (Å²) in [7, 11) is 0. The molecule has 0 saturated carbocycles. The van der Waals surface area contributed by atoms with Gasteiger partial charge in [0.05, 0.1) is 4.47 Å². The Labute approximate surface area is 118 Å². The molecule has 1 aliphatic heterocycles. The molecule has 0 N–H and O–H groups in total. The van der Waals surface area contributed by atoms with Crippen LogP contribution in [0, 0.1) is 5.82 Å². The summed E-state index contributed by atoms with van der Waals surface area (Å²) in [5, 5.41) is 0.276. The summed E-state index contributed by atoms with van der Waals surface area (Å²) in [6, 6.07) is 2.68. The molecule has 2 rings (SSSR count). The van der Waals surface area contributed by atoms with E-state index in [2.05, 4.69) is 15.9 Å². The molecule has 0 aromatic heterocycles. The zero-order chi connectivity index (χ0) is 13.1. The Morgan fingerprint density at radius 1 is 1.44 bits per heavy atom. The van der Waals surface area contributed by atoms with Crippen LogP contribution in [-0.2, 0) is 4.79 Å². The molecular formula is C12H12BrClFNO2. The van der Waals surface area contributed by atoms with Crippen molar-refractivity contribution in [3.8, 4) is 5.75 Å². The fourth-order valence-electron chi connectivity index (χ4n) is 1.86. The normalized spacial score (nSPS) is 14.9. The summed E-state index contributed by atoms with van der Waals surface area (Å²) in [6.07, 6.45) is 2.04. The Morgan fingerprint density at radius 3 is 2.72 bits per heavy atom. The second kappa shape index (κ2) is 5.89. The fraction of sp³-hybridized carbons (Fsp3) is 0.417. The number of hydrogen-bond donors (Lipinski definition) is 0. The first-order valence-electron chi connectivity index (χ1n) is 5.63.